The number of ether oxygens (including phenoxy) is 1. The van der Waals surface area contributed by atoms with Gasteiger partial charge in [-0.1, -0.05) is 54.6 Å². The van der Waals surface area contributed by atoms with Crippen LogP contribution in [0.1, 0.15) is 37.5 Å². The second kappa shape index (κ2) is 13.0. The minimum absolute atomic E-state index is 0.140. The fourth-order valence-corrected chi connectivity index (χ4v) is 5.19. The lowest BCUT2D eigenvalue weighted by Crippen LogP contribution is -2.56. The second-order valence-corrected chi connectivity index (χ2v) is 12.8. The number of methoxy groups -OCH3 is 1. The first-order chi connectivity index (χ1) is 18.8. The Hall–Kier alpha value is -3.85. The first kappa shape index (κ1) is 30.7. The quantitative estimate of drug-likeness (QED) is 0.374. The summed E-state index contributed by atoms with van der Waals surface area (Å²) in [4.78, 5) is 29.4. The zero-order valence-corrected chi connectivity index (χ0v) is 24.9. The number of hydrogen-bond donors (Lipinski definition) is 1. The SMILES string of the molecule is COc1ccc(N(CC(=O)N(Cc2ccccc2C)C(Cc2ccccc2)C(=O)NC(C)(C)C)S(C)(=O)=O)cc1. The highest BCUT2D eigenvalue weighted by Gasteiger charge is 2.34. The summed E-state index contributed by atoms with van der Waals surface area (Å²) in [6.07, 6.45) is 1.33. The third kappa shape index (κ3) is 8.58. The van der Waals surface area contributed by atoms with Gasteiger partial charge in [-0.05, 0) is 68.7 Å². The van der Waals surface area contributed by atoms with E-state index in [-0.39, 0.29) is 18.9 Å². The number of sulfonamides is 1. The molecular formula is C31H39N3O5S. The summed E-state index contributed by atoms with van der Waals surface area (Å²) in [5.74, 6) is -0.241. The van der Waals surface area contributed by atoms with Crippen LogP contribution < -0.4 is 14.4 Å². The van der Waals surface area contributed by atoms with Crippen molar-refractivity contribution in [1.82, 2.24) is 10.2 Å². The predicted octanol–water partition coefficient (Wildman–Crippen LogP) is 4.32. The van der Waals surface area contributed by atoms with E-state index in [4.69, 9.17) is 4.74 Å². The third-order valence-electron chi connectivity index (χ3n) is 6.41. The summed E-state index contributed by atoms with van der Waals surface area (Å²) in [5, 5.41) is 3.02. The summed E-state index contributed by atoms with van der Waals surface area (Å²) < 4.78 is 32.0. The number of nitrogens with zero attached hydrogens (tertiary/aromatic N) is 2. The lowest BCUT2D eigenvalue weighted by Gasteiger charge is -2.35. The van der Waals surface area contributed by atoms with Crippen LogP contribution in [-0.2, 0) is 32.6 Å². The van der Waals surface area contributed by atoms with E-state index < -0.39 is 34.1 Å². The molecule has 0 heterocycles. The van der Waals surface area contributed by atoms with Crippen LogP contribution in [0.3, 0.4) is 0 Å². The van der Waals surface area contributed by atoms with Gasteiger partial charge in [-0.3, -0.25) is 13.9 Å². The third-order valence-corrected chi connectivity index (χ3v) is 7.55. The number of anilines is 1. The fourth-order valence-electron chi connectivity index (χ4n) is 4.34. The molecule has 1 atom stereocenters. The smallest absolute Gasteiger partial charge is 0.244 e. The summed E-state index contributed by atoms with van der Waals surface area (Å²) >= 11 is 0. The molecule has 0 aliphatic rings. The molecule has 0 spiro atoms. The van der Waals surface area contributed by atoms with E-state index >= 15 is 0 Å². The standard InChI is InChI=1S/C31H39N3O5S/c1-23-12-10-11-15-25(23)21-33(28(30(36)32-31(2,3)4)20-24-13-8-7-9-14-24)29(35)22-34(40(6,37)38)26-16-18-27(39-5)19-17-26/h7-19,28H,20-22H2,1-6H3,(H,32,36). The van der Waals surface area contributed by atoms with Crippen LogP contribution in [-0.4, -0.2) is 56.6 Å². The Balaban J connectivity index is 2.07. The number of benzene rings is 3. The number of rotatable bonds is 11. The van der Waals surface area contributed by atoms with Crippen molar-refractivity contribution in [2.75, 3.05) is 24.2 Å². The highest BCUT2D eigenvalue weighted by molar-refractivity contribution is 7.92. The zero-order valence-electron chi connectivity index (χ0n) is 24.0. The Kier molecular flexibility index (Phi) is 9.98. The van der Waals surface area contributed by atoms with Gasteiger partial charge in [0.2, 0.25) is 21.8 Å². The first-order valence-electron chi connectivity index (χ1n) is 13.1. The number of aryl methyl sites for hydroxylation is 1. The zero-order chi connectivity index (χ0) is 29.5. The normalized spacial score (nSPS) is 12.3. The Labute approximate surface area is 238 Å². The molecule has 0 saturated carbocycles. The molecule has 8 nitrogen and oxygen atoms in total. The Morgan fingerprint density at radius 2 is 1.52 bits per heavy atom. The molecule has 214 valence electrons. The predicted molar refractivity (Wildman–Crippen MR) is 159 cm³/mol. The van der Waals surface area contributed by atoms with Crippen LogP contribution in [0.25, 0.3) is 0 Å². The lowest BCUT2D eigenvalue weighted by atomic mass is 10.00. The summed E-state index contributed by atoms with van der Waals surface area (Å²) in [6, 6.07) is 22.7. The van der Waals surface area contributed by atoms with Gasteiger partial charge in [0.1, 0.15) is 18.3 Å². The van der Waals surface area contributed by atoms with Crippen molar-refractivity contribution in [2.45, 2.75) is 52.2 Å². The largest absolute Gasteiger partial charge is 0.497 e. The van der Waals surface area contributed by atoms with Gasteiger partial charge in [-0.2, -0.15) is 0 Å². The van der Waals surface area contributed by atoms with E-state index in [2.05, 4.69) is 5.32 Å². The van der Waals surface area contributed by atoms with E-state index in [0.717, 1.165) is 27.3 Å². The van der Waals surface area contributed by atoms with Crippen molar-refractivity contribution in [1.29, 1.82) is 0 Å². The number of nitrogens with one attached hydrogen (secondary N) is 1. The van der Waals surface area contributed by atoms with Gasteiger partial charge in [0.05, 0.1) is 19.1 Å². The van der Waals surface area contributed by atoms with Gasteiger partial charge in [0, 0.05) is 18.5 Å². The van der Waals surface area contributed by atoms with Gasteiger partial charge in [0.25, 0.3) is 0 Å². The van der Waals surface area contributed by atoms with Crippen molar-refractivity contribution < 1.29 is 22.7 Å². The molecule has 0 aliphatic heterocycles. The molecule has 9 heteroatoms. The van der Waals surface area contributed by atoms with Gasteiger partial charge in [-0.25, -0.2) is 8.42 Å². The van der Waals surface area contributed by atoms with Crippen molar-refractivity contribution >= 4 is 27.5 Å². The minimum Gasteiger partial charge on any atom is -0.497 e. The fraction of sp³-hybridized carbons (Fsp3) is 0.355. The van der Waals surface area contributed by atoms with Gasteiger partial charge in [0.15, 0.2) is 0 Å². The molecule has 0 fully saturated rings. The maximum absolute atomic E-state index is 14.1. The maximum Gasteiger partial charge on any atom is 0.244 e. The first-order valence-corrected chi connectivity index (χ1v) is 14.9. The van der Waals surface area contributed by atoms with Crippen molar-refractivity contribution in [3.05, 3.63) is 95.6 Å². The molecule has 1 N–H and O–H groups in total. The number of amides is 2. The van der Waals surface area contributed by atoms with E-state index in [0.29, 0.717) is 11.4 Å². The molecule has 0 aliphatic carbocycles. The number of carbonyl (C=O) groups excluding carboxylic acids is 2. The summed E-state index contributed by atoms with van der Waals surface area (Å²) in [7, 11) is -2.32. The molecular weight excluding hydrogens is 526 g/mol. The number of carbonyl (C=O) groups is 2. The lowest BCUT2D eigenvalue weighted by molar-refractivity contribution is -0.140. The maximum atomic E-state index is 14.1. The molecule has 0 saturated heterocycles. The average molecular weight is 566 g/mol. The summed E-state index contributed by atoms with van der Waals surface area (Å²) in [5.41, 5.74) is 2.50. The average Bonchev–Trinajstić information content (AvgIpc) is 2.89. The van der Waals surface area contributed by atoms with Gasteiger partial charge < -0.3 is 15.0 Å². The molecule has 3 rings (SSSR count). The second-order valence-electron chi connectivity index (χ2n) is 10.9. The van der Waals surface area contributed by atoms with Crippen LogP contribution >= 0.6 is 0 Å². The van der Waals surface area contributed by atoms with Crippen LogP contribution in [0, 0.1) is 6.92 Å². The van der Waals surface area contributed by atoms with Gasteiger partial charge >= 0.3 is 0 Å². The molecule has 3 aromatic rings. The molecule has 3 aromatic carbocycles. The van der Waals surface area contributed by atoms with Crippen molar-refractivity contribution in [3.63, 3.8) is 0 Å². The Bertz CT molecular complexity index is 1400. The van der Waals surface area contributed by atoms with E-state index in [1.165, 1.54) is 12.0 Å². The van der Waals surface area contributed by atoms with E-state index in [9.17, 15) is 18.0 Å². The topological polar surface area (TPSA) is 96.0 Å². The van der Waals surface area contributed by atoms with Crippen molar-refractivity contribution in [2.24, 2.45) is 0 Å². The highest BCUT2D eigenvalue weighted by Crippen LogP contribution is 2.23. The van der Waals surface area contributed by atoms with E-state index in [1.54, 1.807) is 24.3 Å². The number of hydrogen-bond acceptors (Lipinski definition) is 5. The van der Waals surface area contributed by atoms with Crippen LogP contribution in [0.4, 0.5) is 5.69 Å². The minimum atomic E-state index is -3.84. The molecule has 0 bridgehead atoms. The molecule has 0 aromatic heterocycles. The Morgan fingerprint density at radius 1 is 0.925 bits per heavy atom. The summed E-state index contributed by atoms with van der Waals surface area (Å²) in [6.45, 7) is 7.26. The van der Waals surface area contributed by atoms with Crippen LogP contribution in [0.15, 0.2) is 78.9 Å². The van der Waals surface area contributed by atoms with Crippen LogP contribution in [0.2, 0.25) is 0 Å². The monoisotopic (exact) mass is 565 g/mol. The van der Waals surface area contributed by atoms with Gasteiger partial charge in [-0.15, -0.1) is 0 Å². The van der Waals surface area contributed by atoms with Crippen LogP contribution in [0.5, 0.6) is 5.75 Å². The molecule has 40 heavy (non-hydrogen) atoms. The molecule has 2 amide bonds. The molecule has 1 unspecified atom stereocenters. The molecule has 0 radical (unpaired) electrons. The Morgan fingerprint density at radius 3 is 2.08 bits per heavy atom. The van der Waals surface area contributed by atoms with Crippen molar-refractivity contribution in [3.8, 4) is 5.75 Å². The van der Waals surface area contributed by atoms with E-state index in [1.807, 2.05) is 82.3 Å². The highest BCUT2D eigenvalue weighted by atomic mass is 32.2.